The first-order chi connectivity index (χ1) is 13.0. The van der Waals surface area contributed by atoms with Gasteiger partial charge in [-0.3, -0.25) is 0 Å². The molecule has 0 aliphatic heterocycles. The molecule has 27 heavy (non-hydrogen) atoms. The molecular weight excluding hydrogens is 334 g/mol. The molecule has 1 N–H and O–H groups in total. The lowest BCUT2D eigenvalue weighted by Crippen LogP contribution is -2.50. The minimum atomic E-state index is -0.666. The third-order valence-electron chi connectivity index (χ3n) is 6.66. The van der Waals surface area contributed by atoms with Crippen molar-refractivity contribution >= 4 is 6.08 Å². The second kappa shape index (κ2) is 9.25. The molecule has 0 heterocycles. The summed E-state index contributed by atoms with van der Waals surface area (Å²) in [6.07, 6.45) is 13.0. The van der Waals surface area contributed by atoms with Gasteiger partial charge in [-0.1, -0.05) is 43.9 Å². The molecule has 0 saturated heterocycles. The van der Waals surface area contributed by atoms with Crippen molar-refractivity contribution in [2.24, 2.45) is 11.8 Å². The van der Waals surface area contributed by atoms with Gasteiger partial charge < -0.3 is 14.7 Å². The maximum atomic E-state index is 12.3. The number of methoxy groups -OCH3 is 1. The Morgan fingerprint density at radius 2 is 1.70 bits per heavy atom. The first-order valence-corrected chi connectivity index (χ1v) is 10.8. The summed E-state index contributed by atoms with van der Waals surface area (Å²) in [7, 11) is 5.98. The summed E-state index contributed by atoms with van der Waals surface area (Å²) in [6, 6.07) is 8.25. The van der Waals surface area contributed by atoms with Gasteiger partial charge in [0.25, 0.3) is 0 Å². The molecule has 1 aromatic rings. The van der Waals surface area contributed by atoms with Crippen molar-refractivity contribution in [3.63, 3.8) is 0 Å². The second-order valence-electron chi connectivity index (χ2n) is 8.81. The van der Waals surface area contributed by atoms with Crippen molar-refractivity contribution < 1.29 is 9.84 Å². The molecule has 0 amide bonds. The van der Waals surface area contributed by atoms with Gasteiger partial charge in [-0.2, -0.15) is 0 Å². The van der Waals surface area contributed by atoms with Crippen LogP contribution in [0.2, 0.25) is 0 Å². The van der Waals surface area contributed by atoms with Crippen LogP contribution in [0.15, 0.2) is 29.8 Å². The van der Waals surface area contributed by atoms with E-state index in [-0.39, 0.29) is 0 Å². The number of nitrogens with zero attached hydrogens (tertiary/aromatic N) is 1. The van der Waals surface area contributed by atoms with E-state index in [1.807, 2.05) is 12.1 Å². The van der Waals surface area contributed by atoms with Gasteiger partial charge in [-0.05, 0) is 75.4 Å². The van der Waals surface area contributed by atoms with Crippen LogP contribution in [-0.4, -0.2) is 43.4 Å². The molecule has 3 heteroatoms. The zero-order chi connectivity index (χ0) is 19.3. The molecule has 1 aromatic carbocycles. The van der Waals surface area contributed by atoms with Crippen molar-refractivity contribution in [3.05, 3.63) is 35.4 Å². The van der Waals surface area contributed by atoms with Crippen LogP contribution in [0.25, 0.3) is 6.08 Å². The SMILES string of the molecule is COc1ccc(/C=C2\CCCCC(CN(C)C)C2(O)C2CCCCC2)cc1. The minimum Gasteiger partial charge on any atom is -0.497 e. The molecule has 2 atom stereocenters. The lowest BCUT2D eigenvalue weighted by atomic mass is 9.66. The van der Waals surface area contributed by atoms with E-state index in [0.717, 1.165) is 25.1 Å². The Bertz CT molecular complexity index is 616. The molecule has 2 unspecified atom stereocenters. The van der Waals surface area contributed by atoms with Crippen LogP contribution in [0.3, 0.4) is 0 Å². The lowest BCUT2D eigenvalue weighted by molar-refractivity contribution is -0.0568. The molecule has 0 spiro atoms. The van der Waals surface area contributed by atoms with E-state index < -0.39 is 5.60 Å². The number of ether oxygens (including phenoxy) is 1. The number of hydrogen-bond acceptors (Lipinski definition) is 3. The van der Waals surface area contributed by atoms with Crippen LogP contribution < -0.4 is 4.74 Å². The average molecular weight is 372 g/mol. The monoisotopic (exact) mass is 371 g/mol. The Labute approximate surface area is 165 Å². The summed E-state index contributed by atoms with van der Waals surface area (Å²) in [6.45, 7) is 0.965. The summed E-state index contributed by atoms with van der Waals surface area (Å²) >= 11 is 0. The normalized spacial score (nSPS) is 29.1. The van der Waals surface area contributed by atoms with Gasteiger partial charge in [-0.25, -0.2) is 0 Å². The zero-order valence-corrected chi connectivity index (χ0v) is 17.4. The largest absolute Gasteiger partial charge is 0.497 e. The van der Waals surface area contributed by atoms with Crippen molar-refractivity contribution in [1.82, 2.24) is 4.90 Å². The highest BCUT2D eigenvalue weighted by molar-refractivity contribution is 5.56. The van der Waals surface area contributed by atoms with Gasteiger partial charge in [0, 0.05) is 12.5 Å². The highest BCUT2D eigenvalue weighted by Crippen LogP contribution is 2.47. The van der Waals surface area contributed by atoms with Crippen molar-refractivity contribution in [3.8, 4) is 5.75 Å². The van der Waals surface area contributed by atoms with Crippen LogP contribution in [-0.2, 0) is 0 Å². The fraction of sp³-hybridized carbons (Fsp3) is 0.667. The van der Waals surface area contributed by atoms with E-state index in [1.54, 1.807) is 7.11 Å². The Kier molecular flexibility index (Phi) is 6.99. The third-order valence-corrected chi connectivity index (χ3v) is 6.66. The maximum Gasteiger partial charge on any atom is 0.118 e. The number of benzene rings is 1. The molecule has 0 radical (unpaired) electrons. The topological polar surface area (TPSA) is 32.7 Å². The number of rotatable bonds is 5. The Balaban J connectivity index is 1.99. The summed E-state index contributed by atoms with van der Waals surface area (Å²) in [5, 5.41) is 12.3. The Morgan fingerprint density at radius 3 is 2.33 bits per heavy atom. The lowest BCUT2D eigenvalue weighted by Gasteiger charge is -2.46. The van der Waals surface area contributed by atoms with E-state index in [4.69, 9.17) is 4.74 Å². The van der Waals surface area contributed by atoms with Gasteiger partial charge in [0.1, 0.15) is 5.75 Å². The molecule has 2 aliphatic rings. The molecule has 3 rings (SSSR count). The quantitative estimate of drug-likeness (QED) is 0.727. The van der Waals surface area contributed by atoms with Gasteiger partial charge in [0.2, 0.25) is 0 Å². The number of hydrogen-bond donors (Lipinski definition) is 1. The van der Waals surface area contributed by atoms with Crippen molar-refractivity contribution in [2.75, 3.05) is 27.7 Å². The van der Waals surface area contributed by atoms with E-state index in [1.165, 1.54) is 56.1 Å². The van der Waals surface area contributed by atoms with Gasteiger partial charge in [0.05, 0.1) is 12.7 Å². The summed E-state index contributed by atoms with van der Waals surface area (Å²) in [4.78, 5) is 2.26. The van der Waals surface area contributed by atoms with Crippen LogP contribution in [0.5, 0.6) is 5.75 Å². The molecular formula is C24H37NO2. The third kappa shape index (κ3) is 4.75. The standard InChI is InChI=1S/C24H37NO2/c1-25(2)18-22-12-8-7-11-21(17-19-13-15-23(27-3)16-14-19)24(22,26)20-9-5-4-6-10-20/h13-17,20,22,26H,4-12,18H2,1-3H3/b21-17+. The molecule has 0 bridgehead atoms. The van der Waals surface area contributed by atoms with E-state index in [2.05, 4.69) is 37.2 Å². The molecule has 2 aliphatic carbocycles. The zero-order valence-electron chi connectivity index (χ0n) is 17.4. The smallest absolute Gasteiger partial charge is 0.118 e. The predicted octanol–water partition coefficient (Wildman–Crippen LogP) is 5.14. The molecule has 2 fully saturated rings. The van der Waals surface area contributed by atoms with Crippen LogP contribution in [0.1, 0.15) is 63.4 Å². The molecule has 3 nitrogen and oxygen atoms in total. The first kappa shape index (κ1) is 20.4. The number of aliphatic hydroxyl groups is 1. The van der Waals surface area contributed by atoms with Gasteiger partial charge in [-0.15, -0.1) is 0 Å². The maximum absolute atomic E-state index is 12.3. The Hall–Kier alpha value is -1.32. The van der Waals surface area contributed by atoms with E-state index in [0.29, 0.717) is 11.8 Å². The summed E-state index contributed by atoms with van der Waals surface area (Å²) in [5.41, 5.74) is 1.77. The average Bonchev–Trinajstić information content (AvgIpc) is 2.83. The minimum absolute atomic E-state index is 0.322. The van der Waals surface area contributed by atoms with E-state index >= 15 is 0 Å². The molecule has 2 saturated carbocycles. The van der Waals surface area contributed by atoms with Crippen LogP contribution in [0.4, 0.5) is 0 Å². The fourth-order valence-electron chi connectivity index (χ4n) is 5.29. The van der Waals surface area contributed by atoms with Crippen molar-refractivity contribution in [1.29, 1.82) is 0 Å². The van der Waals surface area contributed by atoms with Crippen molar-refractivity contribution in [2.45, 2.75) is 63.4 Å². The van der Waals surface area contributed by atoms with Crippen LogP contribution >= 0.6 is 0 Å². The van der Waals surface area contributed by atoms with E-state index in [9.17, 15) is 5.11 Å². The summed E-state index contributed by atoms with van der Waals surface area (Å²) < 4.78 is 5.30. The highest BCUT2D eigenvalue weighted by Gasteiger charge is 2.47. The fourth-order valence-corrected chi connectivity index (χ4v) is 5.29. The predicted molar refractivity (Wildman–Crippen MR) is 113 cm³/mol. The summed E-state index contributed by atoms with van der Waals surface area (Å²) in [5.74, 6) is 1.60. The van der Waals surface area contributed by atoms with Gasteiger partial charge >= 0.3 is 0 Å². The highest BCUT2D eigenvalue weighted by atomic mass is 16.5. The first-order valence-electron chi connectivity index (χ1n) is 10.8. The second-order valence-corrected chi connectivity index (χ2v) is 8.81. The Morgan fingerprint density at radius 1 is 1.04 bits per heavy atom. The molecule has 0 aromatic heterocycles. The van der Waals surface area contributed by atoms with Crippen LogP contribution in [0, 0.1) is 11.8 Å². The van der Waals surface area contributed by atoms with Gasteiger partial charge in [0.15, 0.2) is 0 Å². The molecule has 150 valence electrons.